The highest BCUT2D eigenvalue weighted by molar-refractivity contribution is 6.00. The number of rotatable bonds is 5. The minimum atomic E-state index is 0.110. The van der Waals surface area contributed by atoms with E-state index < -0.39 is 0 Å². The van der Waals surface area contributed by atoms with E-state index in [1.165, 1.54) is 0 Å². The predicted molar refractivity (Wildman–Crippen MR) is 138 cm³/mol. The number of para-hydroxylation sites is 2. The number of carbonyl (C=O) groups is 1. The third kappa shape index (κ3) is 4.36. The molecule has 3 heterocycles. The summed E-state index contributed by atoms with van der Waals surface area (Å²) >= 11 is 0. The molecule has 0 saturated carbocycles. The Morgan fingerprint density at radius 2 is 1.71 bits per heavy atom. The molecule has 1 amide bonds. The van der Waals surface area contributed by atoms with Crippen molar-refractivity contribution in [2.75, 3.05) is 26.3 Å². The number of ether oxygens (including phenoxy) is 1. The number of nitrogens with zero attached hydrogens (tertiary/aromatic N) is 3. The molecule has 0 unspecified atom stereocenters. The Balaban J connectivity index is 1.23. The number of furan rings is 1. The fourth-order valence-corrected chi connectivity index (χ4v) is 4.55. The molecule has 0 aliphatic carbocycles. The van der Waals surface area contributed by atoms with Crippen molar-refractivity contribution in [1.82, 2.24) is 9.47 Å². The first kappa shape index (κ1) is 21.4. The molecule has 6 nitrogen and oxygen atoms in total. The molecule has 1 saturated heterocycles. The normalized spacial score (nSPS) is 14.3. The quantitative estimate of drug-likeness (QED) is 0.316. The van der Waals surface area contributed by atoms with E-state index in [-0.39, 0.29) is 5.91 Å². The molecule has 5 aromatic rings. The van der Waals surface area contributed by atoms with Gasteiger partial charge in [0.1, 0.15) is 17.9 Å². The lowest BCUT2D eigenvalue weighted by Crippen LogP contribution is -2.42. The van der Waals surface area contributed by atoms with Crippen molar-refractivity contribution in [2.45, 2.75) is 6.54 Å². The first-order valence-corrected chi connectivity index (χ1v) is 11.8. The molecule has 0 N–H and O–H groups in total. The third-order valence-electron chi connectivity index (χ3n) is 6.42. The van der Waals surface area contributed by atoms with Crippen molar-refractivity contribution in [3.63, 3.8) is 0 Å². The van der Waals surface area contributed by atoms with Gasteiger partial charge in [0, 0.05) is 52.9 Å². The highest BCUT2D eigenvalue weighted by Crippen LogP contribution is 2.29. The first-order valence-electron chi connectivity index (χ1n) is 11.8. The number of aliphatic imine (C=N–C) groups is 1. The van der Waals surface area contributed by atoms with Crippen LogP contribution >= 0.6 is 0 Å². The van der Waals surface area contributed by atoms with Gasteiger partial charge in [-0.3, -0.25) is 9.79 Å². The summed E-state index contributed by atoms with van der Waals surface area (Å²) in [5.74, 6) is 0.952. The predicted octanol–water partition coefficient (Wildman–Crippen LogP) is 5.66. The van der Waals surface area contributed by atoms with Gasteiger partial charge in [0.15, 0.2) is 0 Å². The maximum atomic E-state index is 12.8. The topological polar surface area (TPSA) is 60.0 Å². The van der Waals surface area contributed by atoms with Crippen molar-refractivity contribution in [2.24, 2.45) is 4.99 Å². The van der Waals surface area contributed by atoms with Gasteiger partial charge < -0.3 is 18.6 Å². The first-order chi connectivity index (χ1) is 17.2. The van der Waals surface area contributed by atoms with Gasteiger partial charge in [-0.05, 0) is 42.5 Å². The molecule has 6 rings (SSSR count). The molecular formula is C29H25N3O3. The molecule has 1 aliphatic heterocycles. The summed E-state index contributed by atoms with van der Waals surface area (Å²) in [4.78, 5) is 19.4. The van der Waals surface area contributed by atoms with Gasteiger partial charge in [0.25, 0.3) is 0 Å². The molecule has 3 aromatic carbocycles. The van der Waals surface area contributed by atoms with Crippen LogP contribution in [-0.4, -0.2) is 47.9 Å². The van der Waals surface area contributed by atoms with Crippen LogP contribution in [0.3, 0.4) is 0 Å². The van der Waals surface area contributed by atoms with E-state index in [9.17, 15) is 4.79 Å². The van der Waals surface area contributed by atoms with Crippen molar-refractivity contribution >= 4 is 39.7 Å². The van der Waals surface area contributed by atoms with Gasteiger partial charge in [0.05, 0.1) is 18.9 Å². The largest absolute Gasteiger partial charge is 0.456 e. The highest BCUT2D eigenvalue weighted by atomic mass is 16.5. The van der Waals surface area contributed by atoms with Crippen molar-refractivity contribution < 1.29 is 13.9 Å². The summed E-state index contributed by atoms with van der Waals surface area (Å²) in [5.41, 5.74) is 4.75. The monoisotopic (exact) mass is 463 g/mol. The molecule has 6 heteroatoms. The number of fused-ring (bicyclic) bond motifs is 2. The van der Waals surface area contributed by atoms with Crippen LogP contribution in [0.2, 0.25) is 0 Å². The Kier molecular flexibility index (Phi) is 5.64. The van der Waals surface area contributed by atoms with Gasteiger partial charge in [-0.25, -0.2) is 0 Å². The van der Waals surface area contributed by atoms with Crippen LogP contribution in [0.4, 0.5) is 5.69 Å². The number of amides is 1. The van der Waals surface area contributed by atoms with Gasteiger partial charge in [-0.2, -0.15) is 0 Å². The number of hydrogen-bond acceptors (Lipinski definition) is 4. The molecule has 2 aromatic heterocycles. The molecule has 35 heavy (non-hydrogen) atoms. The zero-order valence-corrected chi connectivity index (χ0v) is 19.3. The molecular weight excluding hydrogens is 438 g/mol. The Hall–Kier alpha value is -4.16. The van der Waals surface area contributed by atoms with E-state index in [0.29, 0.717) is 32.8 Å². The lowest BCUT2D eigenvalue weighted by atomic mass is 10.1. The second kappa shape index (κ2) is 9.24. The van der Waals surface area contributed by atoms with Crippen LogP contribution in [-0.2, 0) is 16.1 Å². The van der Waals surface area contributed by atoms with E-state index in [1.807, 2.05) is 88.6 Å². The Bertz CT molecular complexity index is 1490. The summed E-state index contributed by atoms with van der Waals surface area (Å²) in [6.45, 7) is 2.81. The van der Waals surface area contributed by atoms with Crippen molar-refractivity contribution in [1.29, 1.82) is 0 Å². The number of morpholine rings is 1. The average Bonchev–Trinajstić information content (AvgIpc) is 3.50. The standard InChI is InChI=1S/C29H25N3O3/c33-29(31-13-15-34-16-14-31)20-32-19-23(25-6-2-3-7-26(25)32)18-30-24-11-9-21(10-12-24)28-17-22-5-1-4-8-27(22)35-28/h1-12,17-19H,13-16,20H2. The highest BCUT2D eigenvalue weighted by Gasteiger charge is 2.18. The molecule has 1 aliphatic rings. The van der Waals surface area contributed by atoms with Crippen LogP contribution in [0.15, 0.2) is 94.5 Å². The van der Waals surface area contributed by atoms with Crippen molar-refractivity contribution in [3.8, 4) is 11.3 Å². The molecule has 0 radical (unpaired) electrons. The third-order valence-corrected chi connectivity index (χ3v) is 6.42. The van der Waals surface area contributed by atoms with Gasteiger partial charge in [-0.15, -0.1) is 0 Å². The number of hydrogen-bond donors (Lipinski definition) is 0. The lowest BCUT2D eigenvalue weighted by Gasteiger charge is -2.27. The Labute approximate surface area is 203 Å². The molecule has 1 fully saturated rings. The second-order valence-electron chi connectivity index (χ2n) is 8.68. The van der Waals surface area contributed by atoms with Crippen LogP contribution in [0.1, 0.15) is 5.56 Å². The van der Waals surface area contributed by atoms with Crippen LogP contribution in [0.5, 0.6) is 0 Å². The molecule has 0 spiro atoms. The molecule has 0 atom stereocenters. The summed E-state index contributed by atoms with van der Waals surface area (Å²) in [7, 11) is 0. The summed E-state index contributed by atoms with van der Waals surface area (Å²) < 4.78 is 13.4. The van der Waals surface area contributed by atoms with Crippen LogP contribution in [0.25, 0.3) is 33.2 Å². The number of benzene rings is 3. The maximum Gasteiger partial charge on any atom is 0.242 e. The van der Waals surface area contributed by atoms with Crippen LogP contribution in [0, 0.1) is 0 Å². The van der Waals surface area contributed by atoms with E-state index in [1.54, 1.807) is 0 Å². The zero-order chi connectivity index (χ0) is 23.6. The van der Waals surface area contributed by atoms with E-state index in [0.717, 1.165) is 44.4 Å². The average molecular weight is 464 g/mol. The molecule has 0 bridgehead atoms. The zero-order valence-electron chi connectivity index (χ0n) is 19.3. The minimum absolute atomic E-state index is 0.110. The summed E-state index contributed by atoms with van der Waals surface area (Å²) in [6.07, 6.45) is 3.88. The van der Waals surface area contributed by atoms with Gasteiger partial charge in [0.2, 0.25) is 5.91 Å². The smallest absolute Gasteiger partial charge is 0.242 e. The van der Waals surface area contributed by atoms with Crippen molar-refractivity contribution in [3.05, 3.63) is 90.6 Å². The fraction of sp³-hybridized carbons (Fsp3) is 0.172. The number of carbonyl (C=O) groups excluding carboxylic acids is 1. The SMILES string of the molecule is O=C(Cn1cc(C=Nc2ccc(-c3cc4ccccc4o3)cc2)c2ccccc21)N1CCOCC1. The Morgan fingerprint density at radius 3 is 2.54 bits per heavy atom. The minimum Gasteiger partial charge on any atom is -0.456 e. The fourth-order valence-electron chi connectivity index (χ4n) is 4.55. The second-order valence-corrected chi connectivity index (χ2v) is 8.68. The molecule has 174 valence electrons. The summed E-state index contributed by atoms with van der Waals surface area (Å²) in [6, 6.07) is 26.2. The Morgan fingerprint density at radius 1 is 0.943 bits per heavy atom. The summed E-state index contributed by atoms with van der Waals surface area (Å²) in [5, 5.41) is 2.16. The van der Waals surface area contributed by atoms with E-state index in [2.05, 4.69) is 12.1 Å². The lowest BCUT2D eigenvalue weighted by molar-refractivity contribution is -0.135. The van der Waals surface area contributed by atoms with E-state index >= 15 is 0 Å². The van der Waals surface area contributed by atoms with E-state index in [4.69, 9.17) is 14.1 Å². The van der Waals surface area contributed by atoms with Crippen LogP contribution < -0.4 is 0 Å². The van der Waals surface area contributed by atoms with Gasteiger partial charge in [-0.1, -0.05) is 36.4 Å². The maximum absolute atomic E-state index is 12.8. The van der Waals surface area contributed by atoms with Gasteiger partial charge >= 0.3 is 0 Å². The number of aromatic nitrogens is 1.